The largest absolute Gasteiger partial charge is 0.496 e. The Morgan fingerprint density at radius 3 is 2.48 bits per heavy atom. The van der Waals surface area contributed by atoms with Gasteiger partial charge in [0.05, 0.1) is 19.3 Å². The molecule has 0 aliphatic heterocycles. The van der Waals surface area contributed by atoms with Crippen molar-refractivity contribution in [2.45, 2.75) is 19.8 Å². The fourth-order valence-electron chi connectivity index (χ4n) is 2.41. The van der Waals surface area contributed by atoms with Crippen molar-refractivity contribution in [1.29, 1.82) is 0 Å². The van der Waals surface area contributed by atoms with Gasteiger partial charge in [0.15, 0.2) is 0 Å². The first-order valence-corrected chi connectivity index (χ1v) is 7.88. The SMILES string of the molecule is CCOc1ccccc1CCCNC(=O)c1ccccc1OC. The Morgan fingerprint density at radius 1 is 1.04 bits per heavy atom. The zero-order valence-electron chi connectivity index (χ0n) is 13.7. The van der Waals surface area contributed by atoms with E-state index in [2.05, 4.69) is 11.4 Å². The summed E-state index contributed by atoms with van der Waals surface area (Å²) in [5.41, 5.74) is 1.73. The van der Waals surface area contributed by atoms with E-state index < -0.39 is 0 Å². The van der Waals surface area contributed by atoms with Crippen LogP contribution in [0.1, 0.15) is 29.3 Å². The second kappa shape index (κ2) is 8.83. The molecule has 0 radical (unpaired) electrons. The second-order valence-corrected chi connectivity index (χ2v) is 5.10. The maximum atomic E-state index is 12.2. The highest BCUT2D eigenvalue weighted by Gasteiger charge is 2.10. The molecule has 0 saturated carbocycles. The molecule has 0 unspecified atom stereocenters. The molecule has 0 aliphatic rings. The van der Waals surface area contributed by atoms with Gasteiger partial charge in [0, 0.05) is 6.54 Å². The maximum Gasteiger partial charge on any atom is 0.255 e. The van der Waals surface area contributed by atoms with E-state index >= 15 is 0 Å². The number of rotatable bonds is 8. The molecule has 2 aromatic rings. The molecule has 1 N–H and O–H groups in total. The van der Waals surface area contributed by atoms with Crippen molar-refractivity contribution >= 4 is 5.91 Å². The van der Waals surface area contributed by atoms with Crippen LogP contribution in [0.15, 0.2) is 48.5 Å². The van der Waals surface area contributed by atoms with Crippen LogP contribution >= 0.6 is 0 Å². The number of aryl methyl sites for hydroxylation is 1. The van der Waals surface area contributed by atoms with Gasteiger partial charge < -0.3 is 14.8 Å². The molecule has 122 valence electrons. The summed E-state index contributed by atoms with van der Waals surface area (Å²) in [6.45, 7) is 3.24. The molecule has 23 heavy (non-hydrogen) atoms. The van der Waals surface area contributed by atoms with Gasteiger partial charge >= 0.3 is 0 Å². The zero-order valence-corrected chi connectivity index (χ0v) is 13.7. The molecular formula is C19H23NO3. The van der Waals surface area contributed by atoms with Crippen molar-refractivity contribution in [2.24, 2.45) is 0 Å². The van der Waals surface area contributed by atoms with Gasteiger partial charge in [0.2, 0.25) is 0 Å². The lowest BCUT2D eigenvalue weighted by Gasteiger charge is -2.11. The minimum Gasteiger partial charge on any atom is -0.496 e. The van der Waals surface area contributed by atoms with E-state index in [-0.39, 0.29) is 5.91 Å². The third-order valence-corrected chi connectivity index (χ3v) is 3.53. The fourth-order valence-corrected chi connectivity index (χ4v) is 2.41. The van der Waals surface area contributed by atoms with E-state index in [4.69, 9.17) is 9.47 Å². The van der Waals surface area contributed by atoms with Crippen molar-refractivity contribution in [3.63, 3.8) is 0 Å². The predicted octanol–water partition coefficient (Wildman–Crippen LogP) is 3.46. The first-order valence-electron chi connectivity index (χ1n) is 7.88. The normalized spacial score (nSPS) is 10.2. The van der Waals surface area contributed by atoms with Crippen LogP contribution in [0.5, 0.6) is 11.5 Å². The topological polar surface area (TPSA) is 47.6 Å². The van der Waals surface area contributed by atoms with Gasteiger partial charge in [0.1, 0.15) is 11.5 Å². The number of para-hydroxylation sites is 2. The molecule has 0 aliphatic carbocycles. The average Bonchev–Trinajstić information content (AvgIpc) is 2.60. The number of hydrogen-bond donors (Lipinski definition) is 1. The predicted molar refractivity (Wildman–Crippen MR) is 91.3 cm³/mol. The van der Waals surface area contributed by atoms with Gasteiger partial charge in [-0.3, -0.25) is 4.79 Å². The van der Waals surface area contributed by atoms with Crippen molar-refractivity contribution < 1.29 is 14.3 Å². The molecule has 2 rings (SSSR count). The number of ether oxygens (including phenoxy) is 2. The van der Waals surface area contributed by atoms with Crippen LogP contribution in [-0.4, -0.2) is 26.2 Å². The van der Waals surface area contributed by atoms with E-state index in [9.17, 15) is 4.79 Å². The third-order valence-electron chi connectivity index (χ3n) is 3.53. The van der Waals surface area contributed by atoms with E-state index in [1.165, 1.54) is 5.56 Å². The number of amides is 1. The smallest absolute Gasteiger partial charge is 0.255 e. The molecule has 0 heterocycles. The quantitative estimate of drug-likeness (QED) is 0.759. The first-order chi connectivity index (χ1) is 11.3. The van der Waals surface area contributed by atoms with Gasteiger partial charge in [0.25, 0.3) is 5.91 Å². The highest BCUT2D eigenvalue weighted by Crippen LogP contribution is 2.19. The van der Waals surface area contributed by atoms with E-state index in [0.717, 1.165) is 18.6 Å². The molecule has 0 aromatic heterocycles. The molecule has 0 spiro atoms. The van der Waals surface area contributed by atoms with Crippen molar-refractivity contribution in [2.75, 3.05) is 20.3 Å². The Bertz CT molecular complexity index is 640. The summed E-state index contributed by atoms with van der Waals surface area (Å²) in [5, 5.41) is 2.94. The van der Waals surface area contributed by atoms with Crippen LogP contribution in [0.3, 0.4) is 0 Å². The number of benzene rings is 2. The van der Waals surface area contributed by atoms with E-state index in [1.54, 1.807) is 19.2 Å². The Balaban J connectivity index is 1.85. The van der Waals surface area contributed by atoms with Crippen LogP contribution < -0.4 is 14.8 Å². The number of nitrogens with one attached hydrogen (secondary N) is 1. The number of carbonyl (C=O) groups excluding carboxylic acids is 1. The van der Waals surface area contributed by atoms with Gasteiger partial charge in [-0.2, -0.15) is 0 Å². The van der Waals surface area contributed by atoms with Gasteiger partial charge in [-0.1, -0.05) is 30.3 Å². The van der Waals surface area contributed by atoms with Crippen molar-refractivity contribution in [3.8, 4) is 11.5 Å². The molecule has 0 saturated heterocycles. The van der Waals surface area contributed by atoms with E-state index in [0.29, 0.717) is 24.5 Å². The van der Waals surface area contributed by atoms with Crippen molar-refractivity contribution in [3.05, 3.63) is 59.7 Å². The number of hydrogen-bond acceptors (Lipinski definition) is 3. The van der Waals surface area contributed by atoms with Gasteiger partial charge in [-0.15, -0.1) is 0 Å². The molecule has 0 fully saturated rings. The van der Waals surface area contributed by atoms with Gasteiger partial charge in [-0.05, 0) is 43.5 Å². The molecule has 2 aromatic carbocycles. The van der Waals surface area contributed by atoms with Crippen LogP contribution in [0.2, 0.25) is 0 Å². The molecule has 4 nitrogen and oxygen atoms in total. The summed E-state index contributed by atoms with van der Waals surface area (Å²) >= 11 is 0. The highest BCUT2D eigenvalue weighted by atomic mass is 16.5. The summed E-state index contributed by atoms with van der Waals surface area (Å²) in [6.07, 6.45) is 1.72. The lowest BCUT2D eigenvalue weighted by molar-refractivity contribution is 0.0950. The van der Waals surface area contributed by atoms with Crippen LogP contribution in [0.25, 0.3) is 0 Å². The minimum atomic E-state index is -0.111. The first kappa shape index (κ1) is 16.9. The van der Waals surface area contributed by atoms with Crippen LogP contribution in [0, 0.1) is 0 Å². The standard InChI is InChI=1S/C19H23NO3/c1-3-23-17-12-6-4-9-15(17)10-8-14-20-19(21)16-11-5-7-13-18(16)22-2/h4-7,9,11-13H,3,8,10,14H2,1-2H3,(H,20,21). The Morgan fingerprint density at radius 2 is 1.74 bits per heavy atom. The molecule has 1 amide bonds. The lowest BCUT2D eigenvalue weighted by Crippen LogP contribution is -2.25. The number of methoxy groups -OCH3 is 1. The van der Waals surface area contributed by atoms with Gasteiger partial charge in [-0.25, -0.2) is 0 Å². The Labute approximate surface area is 137 Å². The molecular weight excluding hydrogens is 290 g/mol. The maximum absolute atomic E-state index is 12.2. The molecule has 0 bridgehead atoms. The third kappa shape index (κ3) is 4.74. The number of carbonyl (C=O) groups is 1. The summed E-state index contributed by atoms with van der Waals surface area (Å²) in [4.78, 5) is 12.2. The Hall–Kier alpha value is -2.49. The minimum absolute atomic E-state index is 0.111. The molecule has 4 heteroatoms. The van der Waals surface area contributed by atoms with Crippen LogP contribution in [0.4, 0.5) is 0 Å². The monoisotopic (exact) mass is 313 g/mol. The molecule has 0 atom stereocenters. The average molecular weight is 313 g/mol. The zero-order chi connectivity index (χ0) is 16.5. The summed E-state index contributed by atoms with van der Waals surface area (Å²) in [5.74, 6) is 1.40. The van der Waals surface area contributed by atoms with Crippen molar-refractivity contribution in [1.82, 2.24) is 5.32 Å². The second-order valence-electron chi connectivity index (χ2n) is 5.10. The van der Waals surface area contributed by atoms with E-state index in [1.807, 2.05) is 37.3 Å². The Kier molecular flexibility index (Phi) is 6.48. The lowest BCUT2D eigenvalue weighted by atomic mass is 10.1. The summed E-state index contributed by atoms with van der Waals surface area (Å²) < 4.78 is 10.8. The fraction of sp³-hybridized carbons (Fsp3) is 0.316. The highest BCUT2D eigenvalue weighted by molar-refractivity contribution is 5.96. The summed E-state index contributed by atoms with van der Waals surface area (Å²) in [6, 6.07) is 15.2. The summed E-state index contributed by atoms with van der Waals surface area (Å²) in [7, 11) is 1.57. The van der Waals surface area contributed by atoms with Crippen LogP contribution in [-0.2, 0) is 6.42 Å².